The van der Waals surface area contributed by atoms with Crippen LogP contribution in [0, 0.1) is 5.92 Å². The number of benzene rings is 1. The minimum atomic E-state index is -0.172. The minimum absolute atomic E-state index is 0.172. The molecule has 0 aromatic heterocycles. The van der Waals surface area contributed by atoms with Crippen molar-refractivity contribution in [2.45, 2.75) is 57.4 Å². The molecule has 2 heterocycles. The van der Waals surface area contributed by atoms with Crippen LogP contribution in [0.4, 0.5) is 0 Å². The van der Waals surface area contributed by atoms with Crippen molar-refractivity contribution in [2.75, 3.05) is 26.2 Å². The SMILES string of the molecule is O=C(NC1CCN(CCCN2C(=O)c3ccccc3C2=O)CC1)C1CCCCC1. The summed E-state index contributed by atoms with van der Waals surface area (Å²) in [6.45, 7) is 3.25. The van der Waals surface area contributed by atoms with E-state index in [0.29, 0.717) is 17.7 Å². The lowest BCUT2D eigenvalue weighted by Gasteiger charge is -2.33. The van der Waals surface area contributed by atoms with Gasteiger partial charge in [0.2, 0.25) is 5.91 Å². The van der Waals surface area contributed by atoms with Crippen molar-refractivity contribution in [3.63, 3.8) is 0 Å². The zero-order valence-corrected chi connectivity index (χ0v) is 17.1. The van der Waals surface area contributed by atoms with Gasteiger partial charge in [-0.05, 0) is 50.8 Å². The molecule has 1 aromatic rings. The maximum Gasteiger partial charge on any atom is 0.261 e. The smallest absolute Gasteiger partial charge is 0.261 e. The number of amides is 3. The van der Waals surface area contributed by atoms with Crippen LogP contribution in [0.1, 0.15) is 72.1 Å². The number of nitrogens with zero attached hydrogens (tertiary/aromatic N) is 2. The quantitative estimate of drug-likeness (QED) is 0.750. The largest absolute Gasteiger partial charge is 0.353 e. The third kappa shape index (κ3) is 4.53. The molecule has 6 nitrogen and oxygen atoms in total. The van der Waals surface area contributed by atoms with Gasteiger partial charge in [-0.3, -0.25) is 19.3 Å². The molecule has 0 unspecified atom stereocenters. The monoisotopic (exact) mass is 397 g/mol. The molecule has 156 valence electrons. The molecule has 29 heavy (non-hydrogen) atoms. The maximum absolute atomic E-state index is 12.4. The molecular formula is C23H31N3O3. The van der Waals surface area contributed by atoms with E-state index >= 15 is 0 Å². The second-order valence-corrected chi connectivity index (χ2v) is 8.62. The van der Waals surface area contributed by atoms with E-state index in [4.69, 9.17) is 0 Å². The number of piperidine rings is 1. The first kappa shape index (κ1) is 20.1. The van der Waals surface area contributed by atoms with E-state index in [1.807, 2.05) is 0 Å². The number of fused-ring (bicyclic) bond motifs is 1. The van der Waals surface area contributed by atoms with E-state index in [-0.39, 0.29) is 29.7 Å². The van der Waals surface area contributed by atoms with Crippen molar-refractivity contribution in [2.24, 2.45) is 5.92 Å². The maximum atomic E-state index is 12.4. The Balaban J connectivity index is 1.17. The molecule has 6 heteroatoms. The summed E-state index contributed by atoms with van der Waals surface area (Å²) in [5.41, 5.74) is 1.04. The fourth-order valence-electron chi connectivity index (χ4n) is 4.88. The van der Waals surface area contributed by atoms with Gasteiger partial charge in [0.05, 0.1) is 11.1 Å². The van der Waals surface area contributed by atoms with Crippen LogP contribution >= 0.6 is 0 Å². The lowest BCUT2D eigenvalue weighted by molar-refractivity contribution is -0.127. The van der Waals surface area contributed by atoms with Gasteiger partial charge in [0.25, 0.3) is 11.8 Å². The number of imide groups is 1. The highest BCUT2D eigenvalue weighted by molar-refractivity contribution is 6.21. The summed E-state index contributed by atoms with van der Waals surface area (Å²) in [4.78, 5) is 41.0. The Kier molecular flexibility index (Phi) is 6.28. The zero-order chi connectivity index (χ0) is 20.2. The average molecular weight is 398 g/mol. The highest BCUT2D eigenvalue weighted by Gasteiger charge is 2.34. The molecule has 3 aliphatic rings. The van der Waals surface area contributed by atoms with Gasteiger partial charge in [-0.25, -0.2) is 0 Å². The summed E-state index contributed by atoms with van der Waals surface area (Å²) in [5, 5.41) is 3.27. The van der Waals surface area contributed by atoms with E-state index in [9.17, 15) is 14.4 Å². The van der Waals surface area contributed by atoms with E-state index in [2.05, 4.69) is 10.2 Å². The molecule has 1 N–H and O–H groups in total. The molecule has 0 bridgehead atoms. The number of hydrogen-bond acceptors (Lipinski definition) is 4. The van der Waals surface area contributed by atoms with Crippen molar-refractivity contribution in [1.29, 1.82) is 0 Å². The second-order valence-electron chi connectivity index (χ2n) is 8.62. The Morgan fingerprint density at radius 2 is 1.52 bits per heavy atom. The molecular weight excluding hydrogens is 366 g/mol. The Bertz CT molecular complexity index is 729. The standard InChI is InChI=1S/C23H31N3O3/c27-21(17-7-2-1-3-8-17)24-18-11-15-25(16-12-18)13-6-14-26-22(28)19-9-4-5-10-20(19)23(26)29/h4-5,9-10,17-18H,1-3,6-8,11-16H2,(H,24,27). The Labute approximate surface area is 172 Å². The van der Waals surface area contributed by atoms with Crippen LogP contribution in [0.5, 0.6) is 0 Å². The number of carbonyl (C=O) groups is 3. The van der Waals surface area contributed by atoms with Gasteiger partial charge in [-0.1, -0.05) is 31.4 Å². The fraction of sp³-hybridized carbons (Fsp3) is 0.609. The third-order valence-corrected chi connectivity index (χ3v) is 6.64. The lowest BCUT2D eigenvalue weighted by Crippen LogP contribution is -2.47. The van der Waals surface area contributed by atoms with Gasteiger partial charge in [-0.2, -0.15) is 0 Å². The van der Waals surface area contributed by atoms with E-state index in [1.165, 1.54) is 24.2 Å². The van der Waals surface area contributed by atoms with Crippen LogP contribution in [0.15, 0.2) is 24.3 Å². The van der Waals surface area contributed by atoms with Crippen LogP contribution < -0.4 is 5.32 Å². The molecule has 4 rings (SSSR count). The Hall–Kier alpha value is -2.21. The van der Waals surface area contributed by atoms with Crippen molar-refractivity contribution < 1.29 is 14.4 Å². The molecule has 1 saturated carbocycles. The summed E-state index contributed by atoms with van der Waals surface area (Å²) < 4.78 is 0. The summed E-state index contributed by atoms with van der Waals surface area (Å²) in [5.74, 6) is 0.139. The molecule has 1 saturated heterocycles. The molecule has 2 fully saturated rings. The number of nitrogens with one attached hydrogen (secondary N) is 1. The molecule has 0 spiro atoms. The van der Waals surface area contributed by atoms with Crippen LogP contribution in [0.3, 0.4) is 0 Å². The lowest BCUT2D eigenvalue weighted by atomic mass is 9.88. The highest BCUT2D eigenvalue weighted by atomic mass is 16.2. The Morgan fingerprint density at radius 3 is 2.14 bits per heavy atom. The predicted molar refractivity (Wildman–Crippen MR) is 111 cm³/mol. The summed E-state index contributed by atoms with van der Waals surface area (Å²) in [6.07, 6.45) is 8.46. The van der Waals surface area contributed by atoms with Crippen molar-refractivity contribution in [1.82, 2.24) is 15.1 Å². The molecule has 2 aliphatic heterocycles. The van der Waals surface area contributed by atoms with Crippen LogP contribution in [-0.4, -0.2) is 59.7 Å². The van der Waals surface area contributed by atoms with Gasteiger partial charge in [0.1, 0.15) is 0 Å². The van der Waals surface area contributed by atoms with Gasteiger partial charge < -0.3 is 10.2 Å². The third-order valence-electron chi connectivity index (χ3n) is 6.64. The molecule has 1 aliphatic carbocycles. The molecule has 1 aromatic carbocycles. The first-order chi connectivity index (χ1) is 14.1. The predicted octanol–water partition coefficient (Wildman–Crippen LogP) is 2.83. The number of likely N-dealkylation sites (tertiary alicyclic amines) is 1. The number of carbonyl (C=O) groups excluding carboxylic acids is 3. The van der Waals surface area contributed by atoms with Crippen LogP contribution in [-0.2, 0) is 4.79 Å². The molecule has 3 amide bonds. The zero-order valence-electron chi connectivity index (χ0n) is 17.1. The van der Waals surface area contributed by atoms with E-state index < -0.39 is 0 Å². The molecule has 0 radical (unpaired) electrons. The van der Waals surface area contributed by atoms with Crippen molar-refractivity contribution in [3.05, 3.63) is 35.4 Å². The van der Waals surface area contributed by atoms with E-state index in [0.717, 1.165) is 51.7 Å². The van der Waals surface area contributed by atoms with Gasteiger partial charge in [0, 0.05) is 31.6 Å². The van der Waals surface area contributed by atoms with Gasteiger partial charge >= 0.3 is 0 Å². The van der Waals surface area contributed by atoms with Crippen molar-refractivity contribution in [3.8, 4) is 0 Å². The number of hydrogen-bond donors (Lipinski definition) is 1. The van der Waals surface area contributed by atoms with E-state index in [1.54, 1.807) is 24.3 Å². The minimum Gasteiger partial charge on any atom is -0.353 e. The molecule has 0 atom stereocenters. The fourth-order valence-corrected chi connectivity index (χ4v) is 4.88. The van der Waals surface area contributed by atoms with Gasteiger partial charge in [0.15, 0.2) is 0 Å². The second kappa shape index (κ2) is 9.08. The number of rotatable bonds is 6. The summed E-state index contributed by atoms with van der Waals surface area (Å²) in [7, 11) is 0. The average Bonchev–Trinajstić information content (AvgIpc) is 3.00. The summed E-state index contributed by atoms with van der Waals surface area (Å²) >= 11 is 0. The van der Waals surface area contributed by atoms with Gasteiger partial charge in [-0.15, -0.1) is 0 Å². The van der Waals surface area contributed by atoms with Crippen LogP contribution in [0.2, 0.25) is 0 Å². The first-order valence-corrected chi connectivity index (χ1v) is 11.1. The topological polar surface area (TPSA) is 69.7 Å². The summed E-state index contributed by atoms with van der Waals surface area (Å²) in [6, 6.07) is 7.33. The highest BCUT2D eigenvalue weighted by Crippen LogP contribution is 2.25. The Morgan fingerprint density at radius 1 is 0.897 bits per heavy atom. The van der Waals surface area contributed by atoms with Crippen molar-refractivity contribution >= 4 is 17.7 Å². The first-order valence-electron chi connectivity index (χ1n) is 11.1. The van der Waals surface area contributed by atoms with Crippen LogP contribution in [0.25, 0.3) is 0 Å². The normalized spacial score (nSPS) is 21.4.